The van der Waals surface area contributed by atoms with Gasteiger partial charge in [0, 0.05) is 5.56 Å². The molecule has 0 aliphatic carbocycles. The van der Waals surface area contributed by atoms with Crippen molar-refractivity contribution in [2.75, 3.05) is 17.2 Å². The largest absolute Gasteiger partial charge is 0.424 e. The van der Waals surface area contributed by atoms with Crippen molar-refractivity contribution < 1.29 is 8.81 Å². The highest BCUT2D eigenvalue weighted by molar-refractivity contribution is 6.00. The van der Waals surface area contributed by atoms with Gasteiger partial charge in [-0.25, -0.2) is 9.07 Å². The third-order valence-corrected chi connectivity index (χ3v) is 4.60. The predicted molar refractivity (Wildman–Crippen MR) is 117 cm³/mol. The second-order valence-electron chi connectivity index (χ2n) is 7.26. The van der Waals surface area contributed by atoms with Crippen LogP contribution in [0.1, 0.15) is 47.1 Å². The Balaban J connectivity index is 0.00000124. The Bertz CT molecular complexity index is 1200. The van der Waals surface area contributed by atoms with Gasteiger partial charge >= 0.3 is 0 Å². The Morgan fingerprint density at radius 3 is 2.43 bits per heavy atom. The number of fused-ring (bicyclic) bond motifs is 2. The van der Waals surface area contributed by atoms with Crippen LogP contribution in [0.3, 0.4) is 0 Å². The highest BCUT2D eigenvalue weighted by Gasteiger charge is 2.25. The number of nitrogen functional groups attached to an aromatic ring is 3. The number of anilines is 3. The van der Waals surface area contributed by atoms with Gasteiger partial charge in [0.05, 0.1) is 11.4 Å². The Labute approximate surface area is 173 Å². The van der Waals surface area contributed by atoms with E-state index in [1.165, 1.54) is 0 Å². The summed E-state index contributed by atoms with van der Waals surface area (Å²) in [5.74, 6) is 0.00645. The number of hydrogen-bond acceptors (Lipinski definition) is 8. The summed E-state index contributed by atoms with van der Waals surface area (Å²) in [5, 5.41) is 5.08. The number of oxazole rings is 1. The first kappa shape index (κ1) is 21.3. The first-order chi connectivity index (χ1) is 14.3. The highest BCUT2D eigenvalue weighted by atomic mass is 19.1. The minimum Gasteiger partial charge on any atom is -0.424 e. The Morgan fingerprint density at radius 2 is 1.77 bits per heavy atom. The molecule has 0 fully saturated rings. The molecule has 0 amide bonds. The van der Waals surface area contributed by atoms with Crippen LogP contribution < -0.4 is 17.2 Å². The molecule has 3 aromatic heterocycles. The molecule has 1 atom stereocenters. The lowest BCUT2D eigenvalue weighted by atomic mass is 10.1. The molecule has 4 rings (SSSR count). The summed E-state index contributed by atoms with van der Waals surface area (Å²) < 4.78 is 22.1. The topological polar surface area (TPSA) is 148 Å². The average molecular weight is 414 g/mol. The van der Waals surface area contributed by atoms with E-state index < -0.39 is 5.82 Å². The molecule has 0 aliphatic rings. The van der Waals surface area contributed by atoms with Gasteiger partial charge in [-0.05, 0) is 31.4 Å². The molecule has 3 heterocycles. The number of nitrogens with zero attached hydrogens (tertiary/aromatic N) is 5. The SMILES string of the molecule is CC.CC(C)C[C@H](C)n1nc(-c2ccc3oc(N)nc3c2F)c2c(N)nc(N)nc21. The lowest BCUT2D eigenvalue weighted by Gasteiger charge is -2.15. The number of nitrogens with two attached hydrogens (primary N) is 3. The quantitative estimate of drug-likeness (QED) is 0.451. The summed E-state index contributed by atoms with van der Waals surface area (Å²) >= 11 is 0. The van der Waals surface area contributed by atoms with Gasteiger partial charge < -0.3 is 21.6 Å². The molecule has 0 radical (unpaired) electrons. The van der Waals surface area contributed by atoms with Gasteiger partial charge in [-0.3, -0.25) is 0 Å². The minimum atomic E-state index is -0.600. The van der Waals surface area contributed by atoms with Crippen molar-refractivity contribution >= 4 is 39.9 Å². The zero-order valence-corrected chi connectivity index (χ0v) is 17.8. The molecule has 6 N–H and O–H groups in total. The summed E-state index contributed by atoms with van der Waals surface area (Å²) in [4.78, 5) is 12.3. The van der Waals surface area contributed by atoms with Crippen LogP contribution in [-0.4, -0.2) is 24.7 Å². The summed E-state index contributed by atoms with van der Waals surface area (Å²) in [7, 11) is 0. The van der Waals surface area contributed by atoms with Gasteiger partial charge in [-0.15, -0.1) is 0 Å². The van der Waals surface area contributed by atoms with E-state index in [1.807, 2.05) is 20.8 Å². The highest BCUT2D eigenvalue weighted by Crippen LogP contribution is 2.36. The Kier molecular flexibility index (Phi) is 5.77. The zero-order chi connectivity index (χ0) is 22.2. The van der Waals surface area contributed by atoms with Crippen molar-refractivity contribution in [1.82, 2.24) is 24.7 Å². The first-order valence-corrected chi connectivity index (χ1v) is 9.92. The standard InChI is InChI=1S/C18H21FN8O.C2H6/c1-7(2)6-8(3)27-16-11(15(20)24-17(21)25-16)13(26-27)9-4-5-10-14(12(9)19)23-18(22)28-10;1-2/h4-5,7-8H,6H2,1-3H3,(H2,22,23)(H4,20,21,24,25);1-2H3/t8-;/m0./s1. The monoisotopic (exact) mass is 414 g/mol. The molecule has 30 heavy (non-hydrogen) atoms. The average Bonchev–Trinajstić information content (AvgIpc) is 3.24. The van der Waals surface area contributed by atoms with E-state index in [9.17, 15) is 0 Å². The lowest BCUT2D eigenvalue weighted by molar-refractivity contribution is 0.406. The number of hydrogen-bond donors (Lipinski definition) is 3. The van der Waals surface area contributed by atoms with Crippen LogP contribution >= 0.6 is 0 Å². The van der Waals surface area contributed by atoms with Crippen LogP contribution in [0.2, 0.25) is 0 Å². The van der Waals surface area contributed by atoms with Crippen LogP contribution in [0.4, 0.5) is 22.2 Å². The van der Waals surface area contributed by atoms with Crippen LogP contribution in [0.5, 0.6) is 0 Å². The molecular weight excluding hydrogens is 387 g/mol. The van der Waals surface area contributed by atoms with E-state index in [0.717, 1.165) is 6.42 Å². The maximum atomic E-state index is 15.2. The molecule has 0 saturated carbocycles. The second-order valence-corrected chi connectivity index (χ2v) is 7.26. The minimum absolute atomic E-state index is 0.000521. The number of rotatable bonds is 4. The number of benzene rings is 1. The molecule has 0 unspecified atom stereocenters. The van der Waals surface area contributed by atoms with E-state index in [4.69, 9.17) is 21.6 Å². The number of halogens is 1. The first-order valence-electron chi connectivity index (χ1n) is 9.92. The molecular formula is C20H27FN8O. The van der Waals surface area contributed by atoms with Crippen molar-refractivity contribution in [1.29, 1.82) is 0 Å². The van der Waals surface area contributed by atoms with E-state index in [1.54, 1.807) is 16.8 Å². The van der Waals surface area contributed by atoms with Crippen molar-refractivity contribution in [2.24, 2.45) is 5.92 Å². The molecule has 0 spiro atoms. The van der Waals surface area contributed by atoms with E-state index in [-0.39, 0.29) is 40.5 Å². The normalized spacial score (nSPS) is 12.4. The van der Waals surface area contributed by atoms with Gasteiger partial charge in [0.1, 0.15) is 17.0 Å². The molecule has 1 aromatic carbocycles. The second kappa shape index (κ2) is 8.13. The van der Waals surface area contributed by atoms with Crippen LogP contribution in [0.25, 0.3) is 33.4 Å². The Morgan fingerprint density at radius 1 is 1.07 bits per heavy atom. The maximum Gasteiger partial charge on any atom is 0.293 e. The molecule has 0 bridgehead atoms. The van der Waals surface area contributed by atoms with E-state index in [2.05, 4.69) is 33.9 Å². The summed E-state index contributed by atoms with van der Waals surface area (Å²) in [6.45, 7) is 10.2. The molecule has 160 valence electrons. The molecule has 10 heteroatoms. The van der Waals surface area contributed by atoms with Gasteiger partial charge in [0.2, 0.25) is 5.95 Å². The van der Waals surface area contributed by atoms with Crippen molar-refractivity contribution in [3.05, 3.63) is 17.9 Å². The smallest absolute Gasteiger partial charge is 0.293 e. The molecule has 0 saturated heterocycles. The summed E-state index contributed by atoms with van der Waals surface area (Å²) in [6, 6.07) is 3.03. The molecule has 4 aromatic rings. The van der Waals surface area contributed by atoms with Gasteiger partial charge in [-0.2, -0.15) is 20.1 Å². The van der Waals surface area contributed by atoms with E-state index >= 15 is 4.39 Å². The van der Waals surface area contributed by atoms with E-state index in [0.29, 0.717) is 22.6 Å². The summed E-state index contributed by atoms with van der Waals surface area (Å²) in [5.41, 5.74) is 18.7. The van der Waals surface area contributed by atoms with Crippen molar-refractivity contribution in [2.45, 2.75) is 47.1 Å². The molecule has 0 aliphatic heterocycles. The third-order valence-electron chi connectivity index (χ3n) is 4.60. The number of aromatic nitrogens is 5. The van der Waals surface area contributed by atoms with Crippen LogP contribution in [0, 0.1) is 11.7 Å². The third kappa shape index (κ3) is 3.60. The Hall–Kier alpha value is -3.43. The van der Waals surface area contributed by atoms with Gasteiger partial charge in [-0.1, -0.05) is 27.7 Å². The fraction of sp³-hybridized carbons (Fsp3) is 0.400. The van der Waals surface area contributed by atoms with Crippen LogP contribution in [0.15, 0.2) is 16.5 Å². The van der Waals surface area contributed by atoms with Crippen molar-refractivity contribution in [3.8, 4) is 11.3 Å². The lowest BCUT2D eigenvalue weighted by Crippen LogP contribution is -2.11. The fourth-order valence-corrected chi connectivity index (χ4v) is 3.52. The molecule has 9 nitrogen and oxygen atoms in total. The van der Waals surface area contributed by atoms with Crippen LogP contribution in [-0.2, 0) is 0 Å². The zero-order valence-electron chi connectivity index (χ0n) is 17.8. The predicted octanol–water partition coefficient (Wildman–Crippen LogP) is 4.15. The van der Waals surface area contributed by atoms with Gasteiger partial charge in [0.15, 0.2) is 17.0 Å². The maximum absolute atomic E-state index is 15.2. The fourth-order valence-electron chi connectivity index (χ4n) is 3.52. The van der Waals surface area contributed by atoms with Gasteiger partial charge in [0.25, 0.3) is 6.01 Å². The summed E-state index contributed by atoms with van der Waals surface area (Å²) in [6.07, 6.45) is 0.849. The van der Waals surface area contributed by atoms with Crippen molar-refractivity contribution in [3.63, 3.8) is 0 Å².